The Kier molecular flexibility index (Phi) is 4.15. The van der Waals surface area contributed by atoms with Gasteiger partial charge in [0.05, 0.1) is 19.8 Å². The molecule has 4 nitrogen and oxygen atoms in total. The molecule has 2 unspecified atom stereocenters. The zero-order valence-corrected chi connectivity index (χ0v) is 12.7. The van der Waals surface area contributed by atoms with Crippen LogP contribution < -0.4 is 14.8 Å². The molecule has 1 aromatic rings. The van der Waals surface area contributed by atoms with Gasteiger partial charge >= 0.3 is 0 Å². The smallest absolute Gasteiger partial charge is 0.167 e. The molecule has 2 bridgehead atoms. The predicted octanol–water partition coefficient (Wildman–Crippen LogP) is 2.81. The Hall–Kier alpha value is -1.55. The number of Topliss-reactive ketones (excluding diaryl/α,β-unsaturated/α-hetero) is 1. The van der Waals surface area contributed by atoms with E-state index in [9.17, 15) is 4.79 Å². The molecule has 21 heavy (non-hydrogen) atoms. The number of ether oxygens (including phenoxy) is 2. The van der Waals surface area contributed by atoms with Gasteiger partial charge in [0, 0.05) is 18.5 Å². The second kappa shape index (κ2) is 6.06. The van der Waals surface area contributed by atoms with Gasteiger partial charge in [-0.2, -0.15) is 0 Å². The molecular weight excluding hydrogens is 266 g/mol. The zero-order valence-electron chi connectivity index (χ0n) is 12.7. The first-order valence-corrected chi connectivity index (χ1v) is 7.71. The SMILES string of the molecule is COc1ccc(OC)c(C(=O)CC2CC3CCC(C2)N3)c1. The quantitative estimate of drug-likeness (QED) is 0.847. The fourth-order valence-corrected chi connectivity index (χ4v) is 3.75. The van der Waals surface area contributed by atoms with Crippen molar-refractivity contribution in [2.45, 2.75) is 44.2 Å². The molecule has 2 aliphatic heterocycles. The summed E-state index contributed by atoms with van der Waals surface area (Å²) in [4.78, 5) is 12.6. The number of nitrogens with one attached hydrogen (secondary N) is 1. The minimum absolute atomic E-state index is 0.164. The van der Waals surface area contributed by atoms with Gasteiger partial charge in [-0.1, -0.05) is 0 Å². The molecule has 2 atom stereocenters. The van der Waals surface area contributed by atoms with Crippen LogP contribution in [-0.2, 0) is 0 Å². The molecule has 0 radical (unpaired) electrons. The van der Waals surface area contributed by atoms with Crippen molar-refractivity contribution in [2.24, 2.45) is 5.92 Å². The van der Waals surface area contributed by atoms with E-state index in [1.54, 1.807) is 26.4 Å². The van der Waals surface area contributed by atoms with E-state index in [-0.39, 0.29) is 5.78 Å². The van der Waals surface area contributed by atoms with Gasteiger partial charge in [0.1, 0.15) is 11.5 Å². The Labute approximate surface area is 125 Å². The number of benzene rings is 1. The van der Waals surface area contributed by atoms with Crippen molar-refractivity contribution < 1.29 is 14.3 Å². The molecule has 2 saturated heterocycles. The summed E-state index contributed by atoms with van der Waals surface area (Å²) in [7, 11) is 3.21. The molecular formula is C17H23NO3. The highest BCUT2D eigenvalue weighted by Crippen LogP contribution is 2.34. The third-order valence-electron chi connectivity index (χ3n) is 4.75. The number of rotatable bonds is 5. The number of ketones is 1. The van der Waals surface area contributed by atoms with Crippen LogP contribution in [-0.4, -0.2) is 32.1 Å². The summed E-state index contributed by atoms with van der Waals surface area (Å²) in [5.74, 6) is 1.99. The van der Waals surface area contributed by atoms with E-state index in [2.05, 4.69) is 5.32 Å². The van der Waals surface area contributed by atoms with Gasteiger partial charge in [-0.15, -0.1) is 0 Å². The van der Waals surface area contributed by atoms with Crippen LogP contribution in [0.15, 0.2) is 18.2 Å². The second-order valence-electron chi connectivity index (χ2n) is 6.17. The van der Waals surface area contributed by atoms with Crippen LogP contribution in [0.25, 0.3) is 0 Å². The van der Waals surface area contributed by atoms with E-state index < -0.39 is 0 Å². The van der Waals surface area contributed by atoms with Crippen molar-refractivity contribution in [1.29, 1.82) is 0 Å². The lowest BCUT2D eigenvalue weighted by atomic mass is 9.86. The van der Waals surface area contributed by atoms with Gasteiger partial charge in [0.2, 0.25) is 0 Å². The lowest BCUT2D eigenvalue weighted by Gasteiger charge is -2.28. The van der Waals surface area contributed by atoms with E-state index in [1.807, 2.05) is 6.07 Å². The van der Waals surface area contributed by atoms with Crippen LogP contribution in [0.2, 0.25) is 0 Å². The number of carbonyl (C=O) groups excluding carboxylic acids is 1. The molecule has 1 N–H and O–H groups in total. The lowest BCUT2D eigenvalue weighted by molar-refractivity contribution is 0.0942. The molecule has 4 heteroatoms. The standard InChI is InChI=1S/C17H23NO3/c1-20-14-5-6-17(21-2)15(10-14)16(19)9-11-7-12-3-4-13(8-11)18-12/h5-6,10-13,18H,3-4,7-9H2,1-2H3. The van der Waals surface area contributed by atoms with Gasteiger partial charge in [-0.25, -0.2) is 0 Å². The van der Waals surface area contributed by atoms with Crippen molar-refractivity contribution in [3.8, 4) is 11.5 Å². The van der Waals surface area contributed by atoms with Gasteiger partial charge in [-0.3, -0.25) is 4.79 Å². The Morgan fingerprint density at radius 3 is 2.52 bits per heavy atom. The normalized spacial score (nSPS) is 27.4. The molecule has 0 aromatic heterocycles. The second-order valence-corrected chi connectivity index (χ2v) is 6.17. The Balaban J connectivity index is 1.72. The van der Waals surface area contributed by atoms with Crippen LogP contribution in [0.3, 0.4) is 0 Å². The first kappa shape index (κ1) is 14.4. The topological polar surface area (TPSA) is 47.6 Å². The van der Waals surface area contributed by atoms with Crippen molar-refractivity contribution in [3.05, 3.63) is 23.8 Å². The number of hydrogen-bond acceptors (Lipinski definition) is 4. The summed E-state index contributed by atoms with van der Waals surface area (Å²) >= 11 is 0. The van der Waals surface area contributed by atoms with Crippen LogP contribution in [0.1, 0.15) is 42.5 Å². The van der Waals surface area contributed by atoms with Crippen LogP contribution >= 0.6 is 0 Å². The van der Waals surface area contributed by atoms with E-state index >= 15 is 0 Å². The number of hydrogen-bond donors (Lipinski definition) is 1. The number of piperidine rings is 1. The Morgan fingerprint density at radius 1 is 1.19 bits per heavy atom. The fourth-order valence-electron chi connectivity index (χ4n) is 3.75. The minimum Gasteiger partial charge on any atom is -0.497 e. The Morgan fingerprint density at radius 2 is 1.90 bits per heavy atom. The van der Waals surface area contributed by atoms with Crippen LogP contribution in [0, 0.1) is 5.92 Å². The summed E-state index contributed by atoms with van der Waals surface area (Å²) in [5.41, 5.74) is 0.641. The number of carbonyl (C=O) groups is 1. The number of fused-ring (bicyclic) bond motifs is 2. The molecule has 0 amide bonds. The fraction of sp³-hybridized carbons (Fsp3) is 0.588. The van der Waals surface area contributed by atoms with Crippen molar-refractivity contribution in [1.82, 2.24) is 5.32 Å². The third-order valence-corrected chi connectivity index (χ3v) is 4.75. The van der Waals surface area contributed by atoms with E-state index in [0.717, 1.165) is 12.8 Å². The first-order chi connectivity index (χ1) is 10.2. The molecule has 0 spiro atoms. The molecule has 0 aliphatic carbocycles. The average molecular weight is 289 g/mol. The molecule has 1 aromatic carbocycles. The summed E-state index contributed by atoms with van der Waals surface area (Å²) in [6, 6.07) is 6.65. The summed E-state index contributed by atoms with van der Waals surface area (Å²) in [6.07, 6.45) is 5.37. The van der Waals surface area contributed by atoms with Crippen LogP contribution in [0.5, 0.6) is 11.5 Å². The maximum absolute atomic E-state index is 12.6. The molecule has 3 rings (SSSR count). The van der Waals surface area contributed by atoms with Gasteiger partial charge in [0.15, 0.2) is 5.78 Å². The van der Waals surface area contributed by atoms with Gasteiger partial charge in [0.25, 0.3) is 0 Å². The first-order valence-electron chi connectivity index (χ1n) is 7.71. The highest BCUT2D eigenvalue weighted by molar-refractivity contribution is 5.99. The summed E-state index contributed by atoms with van der Waals surface area (Å²) < 4.78 is 10.5. The maximum Gasteiger partial charge on any atom is 0.167 e. The molecule has 0 saturated carbocycles. The van der Waals surface area contributed by atoms with E-state index in [4.69, 9.17) is 9.47 Å². The van der Waals surface area contributed by atoms with Gasteiger partial charge in [-0.05, 0) is 49.8 Å². The zero-order chi connectivity index (χ0) is 14.8. The molecule has 2 fully saturated rings. The van der Waals surface area contributed by atoms with E-state index in [0.29, 0.717) is 41.5 Å². The number of methoxy groups -OCH3 is 2. The third kappa shape index (κ3) is 3.05. The van der Waals surface area contributed by atoms with Crippen molar-refractivity contribution in [2.75, 3.05) is 14.2 Å². The molecule has 2 heterocycles. The summed E-state index contributed by atoms with van der Waals surface area (Å²) in [6.45, 7) is 0. The highest BCUT2D eigenvalue weighted by atomic mass is 16.5. The summed E-state index contributed by atoms with van der Waals surface area (Å²) in [5, 5.41) is 3.62. The van der Waals surface area contributed by atoms with E-state index in [1.165, 1.54) is 12.8 Å². The average Bonchev–Trinajstić information content (AvgIpc) is 2.85. The molecule has 2 aliphatic rings. The monoisotopic (exact) mass is 289 g/mol. The predicted molar refractivity (Wildman–Crippen MR) is 81.2 cm³/mol. The molecule has 114 valence electrons. The largest absolute Gasteiger partial charge is 0.497 e. The van der Waals surface area contributed by atoms with Crippen molar-refractivity contribution in [3.63, 3.8) is 0 Å². The minimum atomic E-state index is 0.164. The van der Waals surface area contributed by atoms with Gasteiger partial charge < -0.3 is 14.8 Å². The lowest BCUT2D eigenvalue weighted by Crippen LogP contribution is -2.38. The highest BCUT2D eigenvalue weighted by Gasteiger charge is 2.34. The Bertz CT molecular complexity index is 517. The maximum atomic E-state index is 12.6. The van der Waals surface area contributed by atoms with Crippen molar-refractivity contribution >= 4 is 5.78 Å². The van der Waals surface area contributed by atoms with Crippen LogP contribution in [0.4, 0.5) is 0 Å².